The van der Waals surface area contributed by atoms with Gasteiger partial charge in [0.15, 0.2) is 0 Å². The molecule has 1 atom stereocenters. The number of carbonyl (C=O) groups excluding carboxylic acids is 1. The summed E-state index contributed by atoms with van der Waals surface area (Å²) in [6.45, 7) is 3.48. The molecule has 0 unspecified atom stereocenters. The third-order valence-electron chi connectivity index (χ3n) is 6.73. The molecule has 1 saturated heterocycles. The second-order valence-electron chi connectivity index (χ2n) is 9.74. The van der Waals surface area contributed by atoms with Crippen LogP contribution in [0.2, 0.25) is 5.02 Å². The first-order valence-electron chi connectivity index (χ1n) is 13.4. The molecule has 228 valence electrons. The highest BCUT2D eigenvalue weighted by Crippen LogP contribution is 2.21. The number of hydrogen-bond donors (Lipinski definition) is 2. The summed E-state index contributed by atoms with van der Waals surface area (Å²) in [5.41, 5.74) is 1.82. The summed E-state index contributed by atoms with van der Waals surface area (Å²) in [7, 11) is 1.59. The number of halogens is 4. The van der Waals surface area contributed by atoms with Crippen LogP contribution < -0.4 is 10.9 Å². The highest BCUT2D eigenvalue weighted by molar-refractivity contribution is 6.30. The third kappa shape index (κ3) is 9.78. The average Bonchev–Trinajstić information content (AvgIpc) is 3.40. The van der Waals surface area contributed by atoms with Gasteiger partial charge in [0.25, 0.3) is 5.56 Å². The summed E-state index contributed by atoms with van der Waals surface area (Å²) in [6.07, 6.45) is 2.25. The van der Waals surface area contributed by atoms with E-state index in [1.165, 1.54) is 0 Å². The van der Waals surface area contributed by atoms with Crippen molar-refractivity contribution in [2.75, 3.05) is 33.4 Å². The minimum atomic E-state index is -5.08. The van der Waals surface area contributed by atoms with E-state index in [2.05, 4.69) is 15.2 Å². The maximum Gasteiger partial charge on any atom is 0.490 e. The second kappa shape index (κ2) is 15.6. The number of rotatable bonds is 11. The highest BCUT2D eigenvalue weighted by Gasteiger charge is 2.38. The van der Waals surface area contributed by atoms with E-state index < -0.39 is 12.1 Å². The summed E-state index contributed by atoms with van der Waals surface area (Å²) in [4.78, 5) is 40.6. The molecule has 1 aromatic carbocycles. The van der Waals surface area contributed by atoms with Crippen LogP contribution in [-0.2, 0) is 27.3 Å². The molecule has 1 fully saturated rings. The van der Waals surface area contributed by atoms with Gasteiger partial charge in [-0.05, 0) is 49.6 Å². The molecule has 0 radical (unpaired) electrons. The van der Waals surface area contributed by atoms with E-state index in [-0.39, 0.29) is 17.5 Å². The Morgan fingerprint density at radius 1 is 1.19 bits per heavy atom. The van der Waals surface area contributed by atoms with Gasteiger partial charge in [-0.25, -0.2) is 9.48 Å². The lowest BCUT2D eigenvalue weighted by molar-refractivity contribution is -0.192. The number of aliphatic carboxylic acids is 1. The summed E-state index contributed by atoms with van der Waals surface area (Å²) < 4.78 is 38.3. The molecule has 2 N–H and O–H groups in total. The van der Waals surface area contributed by atoms with Crippen molar-refractivity contribution in [2.45, 2.75) is 50.9 Å². The number of alkyl halides is 3. The van der Waals surface area contributed by atoms with Crippen molar-refractivity contribution < 1.29 is 32.6 Å². The Morgan fingerprint density at radius 3 is 2.57 bits per heavy atom. The van der Waals surface area contributed by atoms with Crippen LogP contribution >= 0.6 is 11.6 Å². The zero-order chi connectivity index (χ0) is 30.7. The Hall–Kier alpha value is -3.55. The number of hydrogen-bond acceptors (Lipinski definition) is 7. The van der Waals surface area contributed by atoms with Gasteiger partial charge in [-0.2, -0.15) is 18.3 Å². The zero-order valence-corrected chi connectivity index (χ0v) is 23.8. The maximum absolute atomic E-state index is 13.3. The van der Waals surface area contributed by atoms with Crippen molar-refractivity contribution in [1.82, 2.24) is 25.0 Å². The number of amides is 1. The number of nitrogens with zero attached hydrogens (tertiary/aromatic N) is 4. The number of carboxylic acid groups (broad SMARTS) is 1. The van der Waals surface area contributed by atoms with E-state index >= 15 is 0 Å². The van der Waals surface area contributed by atoms with Gasteiger partial charge in [0.2, 0.25) is 5.91 Å². The van der Waals surface area contributed by atoms with Crippen LogP contribution in [0.5, 0.6) is 0 Å². The number of carbonyl (C=O) groups is 2. The van der Waals surface area contributed by atoms with Crippen molar-refractivity contribution in [3.8, 4) is 0 Å². The van der Waals surface area contributed by atoms with Crippen LogP contribution in [0.25, 0.3) is 10.8 Å². The molecular weight excluding hydrogens is 579 g/mol. The first-order valence-corrected chi connectivity index (χ1v) is 13.8. The lowest BCUT2D eigenvalue weighted by atomic mass is 10.1. The fraction of sp³-hybridized carbons (Fsp3) is 0.464. The number of nitrogens with one attached hydrogen (secondary N) is 1. The largest absolute Gasteiger partial charge is 0.490 e. The van der Waals surface area contributed by atoms with Gasteiger partial charge in [-0.3, -0.25) is 19.5 Å². The van der Waals surface area contributed by atoms with Crippen LogP contribution in [0.4, 0.5) is 13.2 Å². The second-order valence-corrected chi connectivity index (χ2v) is 10.2. The molecule has 0 spiro atoms. The van der Waals surface area contributed by atoms with Crippen molar-refractivity contribution in [3.63, 3.8) is 0 Å². The number of likely N-dealkylation sites (tertiary alicyclic amines) is 1. The Bertz CT molecular complexity index is 1400. The number of ether oxygens (including phenoxy) is 1. The minimum Gasteiger partial charge on any atom is -0.475 e. The lowest BCUT2D eigenvalue weighted by Gasteiger charge is -2.25. The predicted molar refractivity (Wildman–Crippen MR) is 150 cm³/mol. The molecule has 42 heavy (non-hydrogen) atoms. The first-order chi connectivity index (χ1) is 20.0. The van der Waals surface area contributed by atoms with Gasteiger partial charge in [0.05, 0.1) is 24.2 Å². The molecule has 0 bridgehead atoms. The standard InChI is InChI=1S/C26H32ClN5O3.C2HF3O2/c1-35-15-10-25(33)29-11-3-14-31-13-2-4-21(31)18-32-26(34)22-9-12-28-17-23(22)24(30-32)16-19-5-7-20(27)8-6-19;3-2(4,5)1(6)7/h5-9,12,17,21H,2-4,10-11,13-16,18H2,1H3,(H,29,33);(H,6,7)/t21-;/m1./s1. The van der Waals surface area contributed by atoms with Gasteiger partial charge < -0.3 is 15.2 Å². The van der Waals surface area contributed by atoms with Gasteiger partial charge in [-0.1, -0.05) is 23.7 Å². The Balaban J connectivity index is 0.000000616. The number of pyridine rings is 1. The van der Waals surface area contributed by atoms with Crippen LogP contribution in [0.3, 0.4) is 0 Å². The van der Waals surface area contributed by atoms with Crippen molar-refractivity contribution >= 4 is 34.2 Å². The predicted octanol–water partition coefficient (Wildman–Crippen LogP) is 3.68. The molecule has 2 aromatic heterocycles. The quantitative estimate of drug-likeness (QED) is 0.315. The summed E-state index contributed by atoms with van der Waals surface area (Å²) >= 11 is 6.04. The van der Waals surface area contributed by atoms with Crippen molar-refractivity contribution in [1.29, 1.82) is 0 Å². The molecule has 1 aliphatic rings. The molecule has 3 aromatic rings. The summed E-state index contributed by atoms with van der Waals surface area (Å²) in [5, 5.41) is 17.0. The molecule has 4 rings (SSSR count). The Labute approximate surface area is 245 Å². The molecule has 3 heterocycles. The van der Waals surface area contributed by atoms with Gasteiger partial charge in [-0.15, -0.1) is 0 Å². The highest BCUT2D eigenvalue weighted by atomic mass is 35.5. The van der Waals surface area contributed by atoms with Crippen molar-refractivity contribution in [2.24, 2.45) is 0 Å². The van der Waals surface area contributed by atoms with Gasteiger partial charge >= 0.3 is 12.1 Å². The molecule has 10 nitrogen and oxygen atoms in total. The fourth-order valence-corrected chi connectivity index (χ4v) is 4.76. The Morgan fingerprint density at radius 2 is 1.90 bits per heavy atom. The molecular formula is C28H33ClF3N5O5. The lowest BCUT2D eigenvalue weighted by Crippen LogP contribution is -2.39. The van der Waals surface area contributed by atoms with E-state index in [4.69, 9.17) is 31.3 Å². The number of carboxylic acids is 1. The molecule has 14 heteroatoms. The van der Waals surface area contributed by atoms with Crippen LogP contribution in [0, 0.1) is 0 Å². The van der Waals surface area contributed by atoms with Crippen LogP contribution in [-0.4, -0.2) is 82.2 Å². The van der Waals surface area contributed by atoms with E-state index in [0.29, 0.717) is 42.9 Å². The number of benzene rings is 1. The molecule has 1 amide bonds. The van der Waals surface area contributed by atoms with E-state index in [1.807, 2.05) is 24.3 Å². The topological polar surface area (TPSA) is 127 Å². The average molecular weight is 612 g/mol. The van der Waals surface area contributed by atoms with Crippen LogP contribution in [0.15, 0.2) is 47.5 Å². The smallest absolute Gasteiger partial charge is 0.475 e. The fourth-order valence-electron chi connectivity index (χ4n) is 4.63. The van der Waals surface area contributed by atoms with Gasteiger partial charge in [0.1, 0.15) is 0 Å². The molecule has 1 aliphatic heterocycles. The summed E-state index contributed by atoms with van der Waals surface area (Å²) in [6, 6.07) is 9.71. The minimum absolute atomic E-state index is 0.0134. The number of fused-ring (bicyclic) bond motifs is 1. The molecule has 0 aliphatic carbocycles. The van der Waals surface area contributed by atoms with Crippen LogP contribution in [0.1, 0.15) is 36.9 Å². The maximum atomic E-state index is 13.3. The van der Waals surface area contributed by atoms with Crippen molar-refractivity contribution in [3.05, 3.63) is 69.4 Å². The number of aromatic nitrogens is 3. The van der Waals surface area contributed by atoms with E-state index in [0.717, 1.165) is 49.0 Å². The Kier molecular flexibility index (Phi) is 12.3. The molecule has 0 saturated carbocycles. The number of methoxy groups -OCH3 is 1. The zero-order valence-electron chi connectivity index (χ0n) is 23.1. The third-order valence-corrected chi connectivity index (χ3v) is 6.98. The van der Waals surface area contributed by atoms with E-state index in [9.17, 15) is 22.8 Å². The van der Waals surface area contributed by atoms with E-state index in [1.54, 1.807) is 30.3 Å². The SMILES string of the molecule is COCCC(=O)NCCCN1CCC[C@@H]1Cn1nc(Cc2ccc(Cl)cc2)c2cnccc2c1=O.O=C(O)C(F)(F)F. The monoisotopic (exact) mass is 611 g/mol. The first kappa shape index (κ1) is 33.0. The normalized spacial score (nSPS) is 15.3. The summed E-state index contributed by atoms with van der Waals surface area (Å²) in [5.74, 6) is -2.74. The van der Waals surface area contributed by atoms with Gasteiger partial charge in [0, 0.05) is 61.9 Å².